The first-order valence-corrected chi connectivity index (χ1v) is 4.98. The highest BCUT2D eigenvalue weighted by molar-refractivity contribution is 6.17. The van der Waals surface area contributed by atoms with Gasteiger partial charge in [-0.25, -0.2) is 0 Å². The van der Waals surface area contributed by atoms with E-state index in [9.17, 15) is 4.79 Å². The second-order valence-corrected chi connectivity index (χ2v) is 3.35. The number of ether oxygens (including phenoxy) is 1. The number of methoxy groups -OCH3 is 1. The molecule has 0 amide bonds. The Morgan fingerprint density at radius 3 is 2.79 bits per heavy atom. The van der Waals surface area contributed by atoms with Crippen LogP contribution in [0.15, 0.2) is 16.9 Å². The molecule has 4 heteroatoms. The Hall–Kier alpha value is -0.800. The number of rotatable bonds is 4. The van der Waals surface area contributed by atoms with Crippen molar-refractivity contribution in [2.24, 2.45) is 0 Å². The van der Waals surface area contributed by atoms with E-state index in [1.165, 1.54) is 0 Å². The Morgan fingerprint density at radius 1 is 1.50 bits per heavy atom. The summed E-state index contributed by atoms with van der Waals surface area (Å²) < 4.78 is 6.62. The molecule has 78 valence electrons. The van der Waals surface area contributed by atoms with Gasteiger partial charge in [-0.05, 0) is 13.0 Å². The predicted octanol–water partition coefficient (Wildman–Crippen LogP) is 1.54. The Labute approximate surface area is 88.3 Å². The van der Waals surface area contributed by atoms with Gasteiger partial charge in [0.05, 0.1) is 12.5 Å². The zero-order valence-corrected chi connectivity index (χ0v) is 9.17. The SMILES string of the molecule is COCCn1c(C)ccc(CCl)c1=O. The topological polar surface area (TPSA) is 31.2 Å². The van der Waals surface area contributed by atoms with Gasteiger partial charge in [0.25, 0.3) is 5.56 Å². The second kappa shape index (κ2) is 5.17. The molecule has 0 saturated carbocycles. The molecule has 0 N–H and O–H groups in total. The molecule has 0 aliphatic carbocycles. The number of hydrogen-bond acceptors (Lipinski definition) is 2. The van der Waals surface area contributed by atoms with Crippen molar-refractivity contribution >= 4 is 11.6 Å². The maximum atomic E-state index is 11.7. The molecule has 0 saturated heterocycles. The molecule has 0 radical (unpaired) electrons. The maximum absolute atomic E-state index is 11.7. The number of nitrogens with zero attached hydrogens (tertiary/aromatic N) is 1. The van der Waals surface area contributed by atoms with Crippen molar-refractivity contribution in [1.29, 1.82) is 0 Å². The van der Waals surface area contributed by atoms with Crippen molar-refractivity contribution in [1.82, 2.24) is 4.57 Å². The summed E-state index contributed by atoms with van der Waals surface area (Å²) >= 11 is 5.65. The van der Waals surface area contributed by atoms with Crippen LogP contribution in [0.3, 0.4) is 0 Å². The molecule has 0 fully saturated rings. The Balaban J connectivity index is 3.06. The van der Waals surface area contributed by atoms with Gasteiger partial charge in [0.1, 0.15) is 0 Å². The van der Waals surface area contributed by atoms with Gasteiger partial charge in [0.2, 0.25) is 0 Å². The van der Waals surface area contributed by atoms with E-state index < -0.39 is 0 Å². The number of aryl methyl sites for hydroxylation is 1. The molecule has 0 unspecified atom stereocenters. The normalized spacial score (nSPS) is 10.5. The molecule has 0 aromatic carbocycles. The lowest BCUT2D eigenvalue weighted by atomic mass is 10.2. The van der Waals surface area contributed by atoms with Gasteiger partial charge >= 0.3 is 0 Å². The van der Waals surface area contributed by atoms with Crippen molar-refractivity contribution in [2.75, 3.05) is 13.7 Å². The molecule has 0 aliphatic rings. The smallest absolute Gasteiger partial charge is 0.255 e. The molecular formula is C10H14ClNO2. The monoisotopic (exact) mass is 215 g/mol. The first-order chi connectivity index (χ1) is 6.70. The highest BCUT2D eigenvalue weighted by Gasteiger charge is 2.04. The summed E-state index contributed by atoms with van der Waals surface area (Å²) in [6.45, 7) is 3.01. The fourth-order valence-corrected chi connectivity index (χ4v) is 1.48. The number of pyridine rings is 1. The third-order valence-corrected chi connectivity index (χ3v) is 2.42. The van der Waals surface area contributed by atoms with Crippen LogP contribution in [0.1, 0.15) is 11.3 Å². The minimum absolute atomic E-state index is 0.0166. The van der Waals surface area contributed by atoms with Crippen molar-refractivity contribution in [2.45, 2.75) is 19.3 Å². The van der Waals surface area contributed by atoms with Gasteiger partial charge in [-0.2, -0.15) is 0 Å². The highest BCUT2D eigenvalue weighted by Crippen LogP contribution is 2.01. The van der Waals surface area contributed by atoms with E-state index in [1.54, 1.807) is 17.7 Å². The highest BCUT2D eigenvalue weighted by atomic mass is 35.5. The standard InChI is InChI=1S/C10H14ClNO2/c1-8-3-4-9(7-11)10(13)12(8)5-6-14-2/h3-4H,5-7H2,1-2H3. The molecule has 1 aromatic heterocycles. The summed E-state index contributed by atoms with van der Waals surface area (Å²) in [4.78, 5) is 11.7. The molecule has 0 aliphatic heterocycles. The van der Waals surface area contributed by atoms with E-state index in [0.717, 1.165) is 5.69 Å². The molecular weight excluding hydrogens is 202 g/mol. The number of alkyl halides is 1. The molecule has 0 spiro atoms. The molecule has 1 heterocycles. The van der Waals surface area contributed by atoms with Crippen LogP contribution in [0.25, 0.3) is 0 Å². The number of hydrogen-bond donors (Lipinski definition) is 0. The molecule has 14 heavy (non-hydrogen) atoms. The molecule has 1 rings (SSSR count). The van der Waals surface area contributed by atoms with Gasteiger partial charge in [0.15, 0.2) is 0 Å². The fourth-order valence-electron chi connectivity index (χ4n) is 1.28. The van der Waals surface area contributed by atoms with Gasteiger partial charge in [-0.15, -0.1) is 11.6 Å². The van der Waals surface area contributed by atoms with E-state index in [1.807, 2.05) is 13.0 Å². The Kier molecular flexibility index (Phi) is 4.17. The van der Waals surface area contributed by atoms with Gasteiger partial charge in [0, 0.05) is 24.9 Å². The minimum atomic E-state index is -0.0166. The fraction of sp³-hybridized carbons (Fsp3) is 0.500. The minimum Gasteiger partial charge on any atom is -0.383 e. The van der Waals surface area contributed by atoms with E-state index >= 15 is 0 Å². The van der Waals surface area contributed by atoms with E-state index in [0.29, 0.717) is 18.7 Å². The van der Waals surface area contributed by atoms with Crippen LogP contribution < -0.4 is 5.56 Å². The number of halogens is 1. The van der Waals surface area contributed by atoms with Gasteiger partial charge < -0.3 is 9.30 Å². The summed E-state index contributed by atoms with van der Waals surface area (Å²) in [7, 11) is 1.62. The summed E-state index contributed by atoms with van der Waals surface area (Å²) in [6, 6.07) is 3.67. The van der Waals surface area contributed by atoms with Crippen molar-refractivity contribution < 1.29 is 4.74 Å². The van der Waals surface area contributed by atoms with Gasteiger partial charge in [-0.3, -0.25) is 4.79 Å². The van der Waals surface area contributed by atoms with E-state index in [4.69, 9.17) is 16.3 Å². The zero-order valence-electron chi connectivity index (χ0n) is 8.42. The molecule has 3 nitrogen and oxygen atoms in total. The van der Waals surface area contributed by atoms with Crippen molar-refractivity contribution in [3.8, 4) is 0 Å². The molecule has 0 bridgehead atoms. The molecule has 0 atom stereocenters. The summed E-state index contributed by atoms with van der Waals surface area (Å²) in [5.74, 6) is 0.256. The summed E-state index contributed by atoms with van der Waals surface area (Å²) in [5.41, 5.74) is 1.55. The van der Waals surface area contributed by atoms with Crippen molar-refractivity contribution in [3.05, 3.63) is 33.7 Å². The first-order valence-electron chi connectivity index (χ1n) is 4.45. The van der Waals surface area contributed by atoms with Crippen LogP contribution in [0, 0.1) is 6.92 Å². The third kappa shape index (κ3) is 2.36. The second-order valence-electron chi connectivity index (χ2n) is 3.08. The van der Waals surface area contributed by atoms with Crippen LogP contribution in [-0.2, 0) is 17.2 Å². The van der Waals surface area contributed by atoms with Crippen LogP contribution >= 0.6 is 11.6 Å². The van der Waals surface area contributed by atoms with E-state index in [2.05, 4.69) is 0 Å². The summed E-state index contributed by atoms with van der Waals surface area (Å²) in [5, 5.41) is 0. The van der Waals surface area contributed by atoms with Crippen LogP contribution in [0.5, 0.6) is 0 Å². The Morgan fingerprint density at radius 2 is 2.21 bits per heavy atom. The third-order valence-electron chi connectivity index (χ3n) is 2.13. The van der Waals surface area contributed by atoms with E-state index in [-0.39, 0.29) is 11.4 Å². The van der Waals surface area contributed by atoms with Gasteiger partial charge in [-0.1, -0.05) is 6.07 Å². The Bertz CT molecular complexity index is 360. The van der Waals surface area contributed by atoms with Crippen LogP contribution in [0.2, 0.25) is 0 Å². The lowest BCUT2D eigenvalue weighted by Gasteiger charge is -2.10. The largest absolute Gasteiger partial charge is 0.383 e. The average molecular weight is 216 g/mol. The van der Waals surface area contributed by atoms with Crippen LogP contribution in [-0.4, -0.2) is 18.3 Å². The lowest BCUT2D eigenvalue weighted by Crippen LogP contribution is -2.26. The first kappa shape index (κ1) is 11.3. The predicted molar refractivity (Wildman–Crippen MR) is 56.9 cm³/mol. The summed E-state index contributed by atoms with van der Waals surface area (Å²) in [6.07, 6.45) is 0. The average Bonchev–Trinajstić information content (AvgIpc) is 2.18. The molecule has 1 aromatic rings. The quantitative estimate of drug-likeness (QED) is 0.714. The van der Waals surface area contributed by atoms with Crippen LogP contribution in [0.4, 0.5) is 0 Å². The lowest BCUT2D eigenvalue weighted by molar-refractivity contribution is 0.185. The zero-order chi connectivity index (χ0) is 10.6. The van der Waals surface area contributed by atoms with Crippen molar-refractivity contribution in [3.63, 3.8) is 0 Å². The maximum Gasteiger partial charge on any atom is 0.255 e. The number of aromatic nitrogens is 1.